The molecule has 0 saturated carbocycles. The standard InChI is InChI=1S/C25H25FO/c1-2-24(26)23(18-13-19-9-5-3-6-10-19)25(27)22-16-14-21(15-17-22)20-11-7-4-8-12-20/h2-12,14-17,23,25,27H,13,18H2,1H3/b24-2+/t23-,25-/m0/s1. The smallest absolute Gasteiger partial charge is 0.102 e. The topological polar surface area (TPSA) is 20.2 Å². The molecule has 3 aromatic rings. The molecule has 0 aliphatic rings. The van der Waals surface area contributed by atoms with Crippen LogP contribution in [0, 0.1) is 5.92 Å². The summed E-state index contributed by atoms with van der Waals surface area (Å²) in [6, 6.07) is 27.8. The summed E-state index contributed by atoms with van der Waals surface area (Å²) in [5.74, 6) is -0.802. The van der Waals surface area contributed by atoms with Gasteiger partial charge in [0, 0.05) is 5.92 Å². The molecule has 0 fully saturated rings. The number of halogens is 1. The van der Waals surface area contributed by atoms with Crippen molar-refractivity contribution in [3.8, 4) is 11.1 Å². The number of benzene rings is 3. The van der Waals surface area contributed by atoms with E-state index in [1.165, 1.54) is 6.08 Å². The largest absolute Gasteiger partial charge is 0.388 e. The quantitative estimate of drug-likeness (QED) is 0.509. The van der Waals surface area contributed by atoms with Crippen molar-refractivity contribution >= 4 is 0 Å². The van der Waals surface area contributed by atoms with Crippen LogP contribution in [0.1, 0.15) is 30.6 Å². The van der Waals surface area contributed by atoms with Crippen LogP contribution in [-0.4, -0.2) is 5.11 Å². The van der Waals surface area contributed by atoms with E-state index in [1.807, 2.05) is 84.9 Å². The van der Waals surface area contributed by atoms with E-state index in [9.17, 15) is 9.50 Å². The first-order valence-corrected chi connectivity index (χ1v) is 9.38. The first-order chi connectivity index (χ1) is 13.2. The number of rotatable bonds is 7. The first-order valence-electron chi connectivity index (χ1n) is 9.38. The summed E-state index contributed by atoms with van der Waals surface area (Å²) >= 11 is 0. The minimum Gasteiger partial charge on any atom is -0.388 e. The van der Waals surface area contributed by atoms with Crippen LogP contribution in [0.4, 0.5) is 4.39 Å². The molecule has 0 aliphatic carbocycles. The maximum Gasteiger partial charge on any atom is 0.102 e. The van der Waals surface area contributed by atoms with Gasteiger partial charge in [0.2, 0.25) is 0 Å². The molecule has 1 N–H and O–H groups in total. The molecular weight excluding hydrogens is 335 g/mol. The van der Waals surface area contributed by atoms with Crippen LogP contribution in [0.15, 0.2) is 96.8 Å². The molecule has 0 heterocycles. The Morgan fingerprint density at radius 2 is 1.41 bits per heavy atom. The molecule has 0 bridgehead atoms. The van der Waals surface area contributed by atoms with Gasteiger partial charge in [-0.05, 0) is 42.0 Å². The van der Waals surface area contributed by atoms with Gasteiger partial charge in [-0.25, -0.2) is 4.39 Å². The van der Waals surface area contributed by atoms with Crippen molar-refractivity contribution in [2.75, 3.05) is 0 Å². The Morgan fingerprint density at radius 1 is 0.852 bits per heavy atom. The highest BCUT2D eigenvalue weighted by Gasteiger charge is 2.24. The molecule has 0 amide bonds. The molecule has 27 heavy (non-hydrogen) atoms. The van der Waals surface area contributed by atoms with Gasteiger partial charge in [-0.2, -0.15) is 0 Å². The van der Waals surface area contributed by atoms with Crippen LogP contribution in [0.5, 0.6) is 0 Å². The maximum atomic E-state index is 14.5. The number of aryl methyl sites for hydroxylation is 1. The fourth-order valence-electron chi connectivity index (χ4n) is 3.36. The third-order valence-corrected chi connectivity index (χ3v) is 4.96. The maximum absolute atomic E-state index is 14.5. The van der Waals surface area contributed by atoms with Gasteiger partial charge in [0.05, 0.1) is 6.10 Å². The summed E-state index contributed by atoms with van der Waals surface area (Å²) in [7, 11) is 0. The van der Waals surface area contributed by atoms with Crippen molar-refractivity contribution in [3.63, 3.8) is 0 Å². The molecular formula is C25H25FO. The summed E-state index contributed by atoms with van der Waals surface area (Å²) < 4.78 is 14.5. The summed E-state index contributed by atoms with van der Waals surface area (Å²) in [5, 5.41) is 10.8. The molecule has 138 valence electrons. The molecule has 3 aromatic carbocycles. The highest BCUT2D eigenvalue weighted by molar-refractivity contribution is 5.63. The van der Waals surface area contributed by atoms with Crippen molar-refractivity contribution < 1.29 is 9.50 Å². The van der Waals surface area contributed by atoms with Crippen molar-refractivity contribution in [2.24, 2.45) is 5.92 Å². The van der Waals surface area contributed by atoms with Gasteiger partial charge >= 0.3 is 0 Å². The van der Waals surface area contributed by atoms with Crippen molar-refractivity contribution in [1.82, 2.24) is 0 Å². The van der Waals surface area contributed by atoms with Crippen LogP contribution < -0.4 is 0 Å². The second-order valence-corrected chi connectivity index (χ2v) is 6.74. The summed E-state index contributed by atoms with van der Waals surface area (Å²) in [4.78, 5) is 0. The molecule has 0 radical (unpaired) electrons. The Labute approximate surface area is 160 Å². The molecule has 0 aromatic heterocycles. The van der Waals surface area contributed by atoms with Crippen LogP contribution in [-0.2, 0) is 6.42 Å². The Morgan fingerprint density at radius 3 is 2.00 bits per heavy atom. The number of allylic oxidation sites excluding steroid dienone is 1. The van der Waals surface area contributed by atoms with Crippen molar-refractivity contribution in [3.05, 3.63) is 108 Å². The van der Waals surface area contributed by atoms with Gasteiger partial charge in [0.15, 0.2) is 0 Å². The molecule has 0 unspecified atom stereocenters. The fraction of sp³-hybridized carbons (Fsp3) is 0.200. The molecule has 2 atom stereocenters. The Kier molecular flexibility index (Phi) is 6.56. The summed E-state index contributed by atoms with van der Waals surface area (Å²) in [6.07, 6.45) is 1.88. The predicted molar refractivity (Wildman–Crippen MR) is 110 cm³/mol. The zero-order valence-electron chi connectivity index (χ0n) is 15.6. The van der Waals surface area contributed by atoms with E-state index in [0.29, 0.717) is 6.42 Å². The molecule has 0 saturated heterocycles. The summed E-state index contributed by atoms with van der Waals surface area (Å²) in [6.45, 7) is 1.68. The zero-order chi connectivity index (χ0) is 19.1. The third kappa shape index (κ3) is 4.93. The van der Waals surface area contributed by atoms with Crippen LogP contribution in [0.25, 0.3) is 11.1 Å². The molecule has 0 aliphatic heterocycles. The fourth-order valence-corrected chi connectivity index (χ4v) is 3.36. The van der Waals surface area contributed by atoms with E-state index >= 15 is 0 Å². The second kappa shape index (κ2) is 9.29. The second-order valence-electron chi connectivity index (χ2n) is 6.74. The molecule has 1 nitrogen and oxygen atoms in total. The van der Waals surface area contributed by atoms with Gasteiger partial charge < -0.3 is 5.11 Å². The van der Waals surface area contributed by atoms with E-state index in [-0.39, 0.29) is 5.83 Å². The van der Waals surface area contributed by atoms with Gasteiger partial charge in [0.25, 0.3) is 0 Å². The van der Waals surface area contributed by atoms with Crippen LogP contribution in [0.3, 0.4) is 0 Å². The van der Waals surface area contributed by atoms with Crippen LogP contribution >= 0.6 is 0 Å². The van der Waals surface area contributed by atoms with Crippen LogP contribution in [0.2, 0.25) is 0 Å². The lowest BCUT2D eigenvalue weighted by molar-refractivity contribution is 0.109. The predicted octanol–water partition coefficient (Wildman–Crippen LogP) is 6.51. The Balaban J connectivity index is 1.76. The average molecular weight is 360 g/mol. The van der Waals surface area contributed by atoms with Crippen molar-refractivity contribution in [1.29, 1.82) is 0 Å². The monoisotopic (exact) mass is 360 g/mol. The van der Waals surface area contributed by atoms with Gasteiger partial charge in [-0.15, -0.1) is 0 Å². The minimum absolute atomic E-state index is 0.259. The Bertz CT molecular complexity index is 854. The lowest BCUT2D eigenvalue weighted by atomic mass is 9.88. The number of hydrogen-bond donors (Lipinski definition) is 1. The number of hydrogen-bond acceptors (Lipinski definition) is 1. The third-order valence-electron chi connectivity index (χ3n) is 4.96. The zero-order valence-corrected chi connectivity index (χ0v) is 15.6. The van der Waals surface area contributed by atoms with E-state index in [1.54, 1.807) is 6.92 Å². The minimum atomic E-state index is -0.866. The lowest BCUT2D eigenvalue weighted by Gasteiger charge is -2.22. The molecule has 2 heteroatoms. The van der Waals surface area contributed by atoms with Gasteiger partial charge in [-0.1, -0.05) is 91.0 Å². The van der Waals surface area contributed by atoms with E-state index in [4.69, 9.17) is 0 Å². The van der Waals surface area contributed by atoms with Gasteiger partial charge in [0.1, 0.15) is 5.83 Å². The molecule has 0 spiro atoms. The van der Waals surface area contributed by atoms with E-state index in [2.05, 4.69) is 0 Å². The summed E-state index contributed by atoms with van der Waals surface area (Å²) in [5.41, 5.74) is 4.10. The van der Waals surface area contributed by atoms with Gasteiger partial charge in [-0.3, -0.25) is 0 Å². The SMILES string of the molecule is C/C=C(/F)[C@H](CCc1ccccc1)[C@@H](O)c1ccc(-c2ccccc2)cc1. The number of aliphatic hydroxyl groups excluding tert-OH is 1. The Hall–Kier alpha value is -2.71. The normalized spacial score (nSPS) is 14.0. The molecule has 3 rings (SSSR count). The van der Waals surface area contributed by atoms with E-state index in [0.717, 1.165) is 28.7 Å². The number of aliphatic hydroxyl groups is 1. The average Bonchev–Trinajstić information content (AvgIpc) is 2.75. The first kappa shape index (κ1) is 19.1. The lowest BCUT2D eigenvalue weighted by Crippen LogP contribution is -2.15. The van der Waals surface area contributed by atoms with E-state index < -0.39 is 12.0 Å². The highest BCUT2D eigenvalue weighted by Crippen LogP contribution is 2.33. The van der Waals surface area contributed by atoms with Crippen molar-refractivity contribution in [2.45, 2.75) is 25.9 Å². The highest BCUT2D eigenvalue weighted by atomic mass is 19.1.